The number of nitrogens with one attached hydrogen (secondary N) is 2. The Balaban J connectivity index is 2.08. The van der Waals surface area contributed by atoms with Crippen LogP contribution in [0, 0.1) is 5.82 Å². The van der Waals surface area contributed by atoms with Gasteiger partial charge in [0.1, 0.15) is 11.9 Å². The third-order valence-corrected chi connectivity index (χ3v) is 3.17. The fourth-order valence-corrected chi connectivity index (χ4v) is 2.14. The first-order valence-corrected chi connectivity index (χ1v) is 7.07. The first-order valence-electron chi connectivity index (χ1n) is 6.66. The van der Waals surface area contributed by atoms with Gasteiger partial charge in [0.2, 0.25) is 5.91 Å². The molecule has 1 atom stereocenters. The molecule has 0 radical (unpaired) electrons. The number of carbonyl (C=O) groups is 2. The van der Waals surface area contributed by atoms with Gasteiger partial charge in [-0.15, -0.1) is 0 Å². The van der Waals surface area contributed by atoms with E-state index in [-0.39, 0.29) is 17.7 Å². The summed E-state index contributed by atoms with van der Waals surface area (Å²) in [5.74, 6) is -0.981. The number of nitrogens with zero attached hydrogens (tertiary/aromatic N) is 1. The minimum absolute atomic E-state index is 0.0679. The molecule has 8 heteroatoms. The number of hydrogen-bond donors (Lipinski definition) is 2. The Morgan fingerprint density at radius 1 is 1.50 bits per heavy atom. The Morgan fingerprint density at radius 3 is 2.82 bits per heavy atom. The summed E-state index contributed by atoms with van der Waals surface area (Å²) < 4.78 is 19.1. The van der Waals surface area contributed by atoms with Crippen LogP contribution in [0.2, 0.25) is 0 Å². The number of thiocarbonyl (C=S) groups is 1. The molecule has 1 saturated heterocycles. The summed E-state index contributed by atoms with van der Waals surface area (Å²) in [6.07, 6.45) is -0.899. The van der Waals surface area contributed by atoms with Crippen LogP contribution < -0.4 is 15.5 Å². The molecule has 0 aliphatic carbocycles. The van der Waals surface area contributed by atoms with Crippen molar-refractivity contribution in [3.05, 3.63) is 24.0 Å². The van der Waals surface area contributed by atoms with Crippen LogP contribution in [0.5, 0.6) is 0 Å². The highest BCUT2D eigenvalue weighted by Gasteiger charge is 2.32. The Kier molecular flexibility index (Phi) is 4.92. The lowest BCUT2D eigenvalue weighted by Gasteiger charge is -2.14. The van der Waals surface area contributed by atoms with Gasteiger partial charge in [0.05, 0.1) is 29.5 Å². The molecule has 0 unspecified atom stereocenters. The van der Waals surface area contributed by atoms with Gasteiger partial charge in [-0.2, -0.15) is 0 Å². The van der Waals surface area contributed by atoms with Crippen molar-refractivity contribution < 1.29 is 18.7 Å². The Hall–Kier alpha value is -2.22. The van der Waals surface area contributed by atoms with E-state index >= 15 is 0 Å². The monoisotopic (exact) mass is 325 g/mol. The van der Waals surface area contributed by atoms with E-state index in [1.165, 1.54) is 24.0 Å². The van der Waals surface area contributed by atoms with Crippen LogP contribution in [-0.4, -0.2) is 36.2 Å². The number of cyclic esters (lactones) is 1. The zero-order valence-electron chi connectivity index (χ0n) is 12.2. The molecule has 0 spiro atoms. The number of rotatable bonds is 4. The predicted molar refractivity (Wildman–Crippen MR) is 84.6 cm³/mol. The molecular weight excluding hydrogens is 309 g/mol. The van der Waals surface area contributed by atoms with Crippen LogP contribution in [0.3, 0.4) is 0 Å². The molecule has 1 heterocycles. The van der Waals surface area contributed by atoms with E-state index in [9.17, 15) is 14.0 Å². The first-order chi connectivity index (χ1) is 10.4. The lowest BCUT2D eigenvalue weighted by atomic mass is 10.2. The fraction of sp³-hybridized carbons (Fsp3) is 0.357. The van der Waals surface area contributed by atoms with Crippen LogP contribution in [0.25, 0.3) is 0 Å². The van der Waals surface area contributed by atoms with Gasteiger partial charge in [0.15, 0.2) is 0 Å². The molecule has 2 amide bonds. The van der Waals surface area contributed by atoms with E-state index in [1.54, 1.807) is 13.0 Å². The third-order valence-electron chi connectivity index (χ3n) is 3.03. The van der Waals surface area contributed by atoms with Gasteiger partial charge in [0.25, 0.3) is 0 Å². The van der Waals surface area contributed by atoms with Gasteiger partial charge in [0, 0.05) is 6.92 Å². The van der Waals surface area contributed by atoms with Crippen LogP contribution in [0.4, 0.5) is 20.6 Å². The molecule has 6 nitrogen and oxygen atoms in total. The lowest BCUT2D eigenvalue weighted by Crippen LogP contribution is -2.32. The minimum atomic E-state index is -0.614. The van der Waals surface area contributed by atoms with Gasteiger partial charge in [-0.1, -0.05) is 12.2 Å². The van der Waals surface area contributed by atoms with Crippen molar-refractivity contribution in [3.8, 4) is 0 Å². The molecule has 22 heavy (non-hydrogen) atoms. The summed E-state index contributed by atoms with van der Waals surface area (Å²) in [6, 6.07) is 4.15. The van der Waals surface area contributed by atoms with Crippen molar-refractivity contribution in [2.24, 2.45) is 0 Å². The number of anilines is 2. The molecule has 1 aromatic rings. The van der Waals surface area contributed by atoms with E-state index in [1.807, 2.05) is 0 Å². The van der Waals surface area contributed by atoms with Crippen molar-refractivity contribution in [3.63, 3.8) is 0 Å². The standard InChI is InChI=1S/C14H16FN3O3S/c1-8(19)17-13-4-3-10(5-12(13)15)18-7-11(21-14(18)20)6-16-9(2)22/h3-5,11H,6-7H2,1-2H3,(H,16,22)(H,17,19)/t11-/m0/s1. The van der Waals surface area contributed by atoms with Crippen LogP contribution in [-0.2, 0) is 9.53 Å². The maximum absolute atomic E-state index is 13.9. The van der Waals surface area contributed by atoms with Crippen molar-refractivity contribution >= 4 is 40.6 Å². The van der Waals surface area contributed by atoms with Crippen molar-refractivity contribution in [2.75, 3.05) is 23.3 Å². The second-order valence-electron chi connectivity index (χ2n) is 4.90. The maximum atomic E-state index is 13.9. The number of carbonyl (C=O) groups excluding carboxylic acids is 2. The molecule has 2 N–H and O–H groups in total. The van der Waals surface area contributed by atoms with Gasteiger partial charge in [-0.25, -0.2) is 9.18 Å². The quantitative estimate of drug-likeness (QED) is 0.829. The summed E-state index contributed by atoms with van der Waals surface area (Å²) in [6.45, 7) is 3.73. The predicted octanol–water partition coefficient (Wildman–Crippen LogP) is 2.05. The topological polar surface area (TPSA) is 70.7 Å². The molecular formula is C14H16FN3O3S. The molecule has 1 fully saturated rings. The third kappa shape index (κ3) is 3.91. The van der Waals surface area contributed by atoms with Crippen molar-refractivity contribution in [1.29, 1.82) is 0 Å². The van der Waals surface area contributed by atoms with Gasteiger partial charge in [-0.3, -0.25) is 9.69 Å². The van der Waals surface area contributed by atoms with Crippen molar-refractivity contribution in [1.82, 2.24) is 5.32 Å². The van der Waals surface area contributed by atoms with Gasteiger partial charge >= 0.3 is 6.09 Å². The highest BCUT2D eigenvalue weighted by Crippen LogP contribution is 2.25. The number of benzene rings is 1. The normalized spacial score (nSPS) is 17.1. The zero-order valence-corrected chi connectivity index (χ0v) is 13.0. The number of ether oxygens (including phenoxy) is 1. The largest absolute Gasteiger partial charge is 0.442 e. The van der Waals surface area contributed by atoms with E-state index in [4.69, 9.17) is 17.0 Å². The van der Waals surface area contributed by atoms with E-state index in [0.717, 1.165) is 0 Å². The molecule has 0 saturated carbocycles. The highest BCUT2D eigenvalue weighted by molar-refractivity contribution is 7.80. The molecule has 1 aliphatic heterocycles. The van der Waals surface area contributed by atoms with Gasteiger partial charge < -0.3 is 15.4 Å². The molecule has 118 valence electrons. The zero-order chi connectivity index (χ0) is 16.3. The first kappa shape index (κ1) is 16.2. The Morgan fingerprint density at radius 2 is 2.23 bits per heavy atom. The molecule has 0 aromatic heterocycles. The molecule has 1 aromatic carbocycles. The van der Waals surface area contributed by atoms with Crippen LogP contribution in [0.15, 0.2) is 18.2 Å². The van der Waals surface area contributed by atoms with Crippen LogP contribution in [0.1, 0.15) is 13.8 Å². The smallest absolute Gasteiger partial charge is 0.414 e. The second-order valence-corrected chi connectivity index (χ2v) is 5.51. The van der Waals surface area contributed by atoms with Gasteiger partial charge in [-0.05, 0) is 25.1 Å². The van der Waals surface area contributed by atoms with E-state index in [2.05, 4.69) is 10.6 Å². The number of amides is 2. The SMILES string of the molecule is CC(=O)Nc1ccc(N2C[C@H](CNC(C)=S)OC2=O)cc1F. The highest BCUT2D eigenvalue weighted by atomic mass is 32.1. The lowest BCUT2D eigenvalue weighted by molar-refractivity contribution is -0.114. The van der Waals surface area contributed by atoms with E-state index in [0.29, 0.717) is 23.8 Å². The second kappa shape index (κ2) is 6.69. The average Bonchev–Trinajstić information content (AvgIpc) is 2.79. The summed E-state index contributed by atoms with van der Waals surface area (Å²) in [5, 5.41) is 5.30. The fourth-order valence-electron chi connectivity index (χ4n) is 2.06. The summed E-state index contributed by atoms with van der Waals surface area (Å²) in [7, 11) is 0. The van der Waals surface area contributed by atoms with Crippen molar-refractivity contribution in [2.45, 2.75) is 20.0 Å². The van der Waals surface area contributed by atoms with Crippen LogP contribution >= 0.6 is 12.2 Å². The number of halogens is 1. The minimum Gasteiger partial charge on any atom is -0.442 e. The maximum Gasteiger partial charge on any atom is 0.414 e. The van der Waals surface area contributed by atoms with E-state index < -0.39 is 11.9 Å². The summed E-state index contributed by atoms with van der Waals surface area (Å²) in [5.41, 5.74) is 0.441. The summed E-state index contributed by atoms with van der Waals surface area (Å²) >= 11 is 4.90. The Bertz CT molecular complexity index is 623. The molecule has 0 bridgehead atoms. The number of hydrogen-bond acceptors (Lipinski definition) is 4. The average molecular weight is 325 g/mol. The summed E-state index contributed by atoms with van der Waals surface area (Å²) in [4.78, 5) is 24.8. The molecule has 2 rings (SSSR count). The Labute approximate surface area is 132 Å². The molecule has 1 aliphatic rings.